The number of sulfonamides is 1. The Morgan fingerprint density at radius 3 is 2.52 bits per heavy atom. The van der Waals surface area contributed by atoms with Gasteiger partial charge in [-0.1, -0.05) is 31.2 Å². The van der Waals surface area contributed by atoms with Crippen LogP contribution in [-0.4, -0.2) is 92.3 Å². The maximum Gasteiger partial charge on any atom is 0.289 e. The Morgan fingerprint density at radius 2 is 1.82 bits per heavy atom. The normalized spacial score (nSPS) is 23.5. The van der Waals surface area contributed by atoms with E-state index in [9.17, 15) is 23.3 Å². The molecule has 0 spiro atoms. The van der Waals surface area contributed by atoms with Crippen molar-refractivity contribution in [2.45, 2.75) is 44.0 Å². The summed E-state index contributed by atoms with van der Waals surface area (Å²) in [5.74, 6) is -0.118. The van der Waals surface area contributed by atoms with Gasteiger partial charge in [-0.15, -0.1) is 0 Å². The summed E-state index contributed by atoms with van der Waals surface area (Å²) in [6.45, 7) is 9.07. The number of anilines is 1. The number of hydrogen-bond acceptors (Lipinski definition) is 8. The molecule has 0 radical (unpaired) electrons. The number of carbonyl (C=O) groups excluding carboxylic acids is 1. The van der Waals surface area contributed by atoms with E-state index < -0.39 is 44.0 Å². The molecule has 11 nitrogen and oxygen atoms in total. The monoisotopic (exact) mass is 622 g/mol. The van der Waals surface area contributed by atoms with E-state index in [-0.39, 0.29) is 0 Å². The molecule has 236 valence electrons. The van der Waals surface area contributed by atoms with Crippen LogP contribution >= 0.6 is 0 Å². The molecule has 1 atom stereocenters. The first-order chi connectivity index (χ1) is 21.0. The van der Waals surface area contributed by atoms with Crippen molar-refractivity contribution >= 4 is 39.0 Å². The van der Waals surface area contributed by atoms with Gasteiger partial charge in [0.25, 0.3) is 15.7 Å². The number of piperazine rings is 1. The molecule has 0 aromatic heterocycles. The highest BCUT2D eigenvalue weighted by Crippen LogP contribution is 2.30. The molecule has 2 N–H and O–H groups in total. The zero-order valence-corrected chi connectivity index (χ0v) is 26.5. The number of nitrogens with zero attached hydrogens (tertiary/aromatic N) is 4. The highest BCUT2D eigenvalue weighted by molar-refractivity contribution is 7.89. The summed E-state index contributed by atoms with van der Waals surface area (Å²) in [5.41, 5.74) is 2.48. The number of nitro benzene ring substituents is 1. The van der Waals surface area contributed by atoms with Gasteiger partial charge in [-0.2, -0.15) is 4.31 Å². The van der Waals surface area contributed by atoms with Gasteiger partial charge in [-0.05, 0) is 92.5 Å². The Balaban J connectivity index is 1.44. The quantitative estimate of drug-likeness (QED) is 0.339. The maximum atomic E-state index is 13.9. The van der Waals surface area contributed by atoms with Gasteiger partial charge in [0.2, 0.25) is 5.91 Å². The Kier molecular flexibility index (Phi) is 9.84. The number of nitrogens with one attached hydrogen (secondary N) is 2. The third kappa shape index (κ3) is 7.04. The predicted molar refractivity (Wildman–Crippen MR) is 172 cm³/mol. The van der Waals surface area contributed by atoms with Crippen molar-refractivity contribution in [3.63, 3.8) is 0 Å². The Labute approximate surface area is 259 Å². The summed E-state index contributed by atoms with van der Waals surface area (Å²) in [6.07, 6.45) is 6.44. The molecule has 44 heavy (non-hydrogen) atoms. The van der Waals surface area contributed by atoms with E-state index in [1.54, 1.807) is 0 Å². The van der Waals surface area contributed by atoms with Crippen molar-refractivity contribution < 1.29 is 18.1 Å². The second-order valence-electron chi connectivity index (χ2n) is 12.0. The minimum Gasteiger partial charge on any atom is -0.372 e. The van der Waals surface area contributed by atoms with Crippen LogP contribution in [0, 0.1) is 16.0 Å². The summed E-state index contributed by atoms with van der Waals surface area (Å²) >= 11 is 0. The van der Waals surface area contributed by atoms with Crippen LogP contribution in [0.1, 0.15) is 33.1 Å². The van der Waals surface area contributed by atoms with Crippen LogP contribution in [0.4, 0.5) is 11.4 Å². The van der Waals surface area contributed by atoms with Gasteiger partial charge in [0.1, 0.15) is 0 Å². The van der Waals surface area contributed by atoms with E-state index >= 15 is 0 Å². The van der Waals surface area contributed by atoms with Crippen LogP contribution < -0.4 is 21.1 Å². The lowest BCUT2D eigenvalue weighted by molar-refractivity contribution is -0.387. The zero-order valence-electron chi connectivity index (χ0n) is 25.7. The van der Waals surface area contributed by atoms with Crippen molar-refractivity contribution in [3.05, 3.63) is 74.8 Å². The second-order valence-corrected chi connectivity index (χ2v) is 13.8. The van der Waals surface area contributed by atoms with E-state index in [0.717, 1.165) is 52.9 Å². The van der Waals surface area contributed by atoms with Gasteiger partial charge >= 0.3 is 0 Å². The third-order valence-electron chi connectivity index (χ3n) is 8.85. The minimum atomic E-state index is -4.35. The summed E-state index contributed by atoms with van der Waals surface area (Å²) in [4.78, 5) is 28.7. The molecule has 3 aliphatic rings. The fourth-order valence-electron chi connectivity index (χ4n) is 6.33. The lowest BCUT2D eigenvalue weighted by atomic mass is 9.95. The van der Waals surface area contributed by atoms with Gasteiger partial charge in [-0.25, -0.2) is 8.42 Å². The molecule has 2 aromatic carbocycles. The lowest BCUT2D eigenvalue weighted by Crippen LogP contribution is -2.49. The Morgan fingerprint density at radius 1 is 1.11 bits per heavy atom. The molecule has 0 unspecified atom stereocenters. The molecule has 0 saturated carbocycles. The molecular weight excluding hydrogens is 580 g/mol. The summed E-state index contributed by atoms with van der Waals surface area (Å²) in [7, 11) is -2.39. The average molecular weight is 623 g/mol. The summed E-state index contributed by atoms with van der Waals surface area (Å²) in [6, 6.07) is 10.6. The largest absolute Gasteiger partial charge is 0.372 e. The molecule has 1 amide bonds. The highest BCUT2D eigenvalue weighted by atomic mass is 32.2. The van der Waals surface area contributed by atoms with Gasteiger partial charge in [0.05, 0.1) is 11.5 Å². The number of likely N-dealkylation sites (tertiary alicyclic amines) is 1. The number of nitro groups is 1. The molecular formula is C32H42N6O5S. The topological polar surface area (TPSA) is 128 Å². The fraction of sp³-hybridized carbons (Fsp3) is 0.469. The standard InChI is InChI=1S/C32H42N6O5S/c1-23-8-9-25-10-11-26(21-28(25)24(2)20-30(23)36-18-14-33-15-19-36)34-32(39)22-37(27-12-16-35(3)17-13-27)44(42,43)31-7-5-4-6-29(31)38(40)41/h4-7,9-11,20-21,23,27,33H,8,12-19,22H2,1-3H3,(H,34,39)/b25-9+,28-24-,30-20+/t23-/m1/s1. The highest BCUT2D eigenvalue weighted by Gasteiger charge is 2.38. The van der Waals surface area contributed by atoms with Crippen molar-refractivity contribution in [1.29, 1.82) is 0 Å². The van der Waals surface area contributed by atoms with Crippen LogP contribution in [0.3, 0.4) is 0 Å². The summed E-state index contributed by atoms with van der Waals surface area (Å²) < 4.78 is 29.0. The molecule has 2 heterocycles. The number of fused-ring (bicyclic) bond motifs is 1. The van der Waals surface area contributed by atoms with Gasteiger partial charge in [0, 0.05) is 49.7 Å². The Hall–Kier alpha value is -3.58. The molecule has 2 aliphatic heterocycles. The lowest BCUT2D eigenvalue weighted by Gasteiger charge is -2.36. The Bertz CT molecular complexity index is 1660. The van der Waals surface area contributed by atoms with E-state index in [1.165, 1.54) is 30.0 Å². The number of hydrogen-bond donors (Lipinski definition) is 2. The third-order valence-corrected chi connectivity index (χ3v) is 10.8. The molecule has 12 heteroatoms. The molecule has 1 aliphatic carbocycles. The van der Waals surface area contributed by atoms with Gasteiger partial charge in [-0.3, -0.25) is 14.9 Å². The van der Waals surface area contributed by atoms with Crippen molar-refractivity contribution in [3.8, 4) is 0 Å². The number of piperidine rings is 1. The van der Waals surface area contributed by atoms with Crippen molar-refractivity contribution in [2.24, 2.45) is 5.92 Å². The van der Waals surface area contributed by atoms with Crippen LogP contribution in [0.25, 0.3) is 11.6 Å². The molecule has 0 bridgehead atoms. The van der Waals surface area contributed by atoms with Crippen LogP contribution in [0.5, 0.6) is 0 Å². The number of carbonyl (C=O) groups is 1. The van der Waals surface area contributed by atoms with E-state index in [1.807, 2.05) is 25.2 Å². The average Bonchev–Trinajstić information content (AvgIpc) is 3.01. The zero-order chi connectivity index (χ0) is 31.4. The first-order valence-corrected chi connectivity index (χ1v) is 16.7. The first-order valence-electron chi connectivity index (χ1n) is 15.3. The number of allylic oxidation sites excluding steroid dienone is 2. The van der Waals surface area contributed by atoms with Gasteiger partial charge in [0.15, 0.2) is 4.90 Å². The second kappa shape index (κ2) is 13.6. The number of rotatable bonds is 8. The number of benzene rings is 2. The predicted octanol–water partition coefficient (Wildman–Crippen LogP) is 2.10. The fourth-order valence-corrected chi connectivity index (χ4v) is 8.13. The van der Waals surface area contributed by atoms with Crippen LogP contribution in [0.2, 0.25) is 0 Å². The van der Waals surface area contributed by atoms with Crippen LogP contribution in [-0.2, 0) is 14.8 Å². The first kappa shape index (κ1) is 31.8. The van der Waals surface area contributed by atoms with E-state index in [2.05, 4.69) is 46.4 Å². The molecule has 2 saturated heterocycles. The molecule has 5 rings (SSSR count). The molecule has 2 aromatic rings. The minimum absolute atomic E-state index is 0.378. The van der Waals surface area contributed by atoms with E-state index in [0.29, 0.717) is 37.5 Å². The number of amides is 1. The maximum absolute atomic E-state index is 13.9. The van der Waals surface area contributed by atoms with Crippen molar-refractivity contribution in [1.82, 2.24) is 19.4 Å². The van der Waals surface area contributed by atoms with Crippen molar-refractivity contribution in [2.75, 3.05) is 58.2 Å². The number of para-hydroxylation sites is 1. The summed E-state index contributed by atoms with van der Waals surface area (Å²) in [5, 5.41) is 20.2. The van der Waals surface area contributed by atoms with Crippen LogP contribution in [0.15, 0.2) is 59.1 Å². The smallest absolute Gasteiger partial charge is 0.289 e. The van der Waals surface area contributed by atoms with Gasteiger partial charge < -0.3 is 20.4 Å². The van der Waals surface area contributed by atoms with E-state index in [4.69, 9.17) is 0 Å². The molecule has 2 fully saturated rings. The SMILES string of the molecule is CC1=c2\cc(NC(=O)CN(C3CCN(C)CC3)S(=O)(=O)c3ccccc3[N+](=O)[O-])cc\c2=C/C[C@@H](C)/C(N2CCNCC2)=C\1.